The van der Waals surface area contributed by atoms with Crippen molar-refractivity contribution >= 4 is 37.2 Å². The Hall–Kier alpha value is -1.92. The van der Waals surface area contributed by atoms with Crippen LogP contribution in [0.25, 0.3) is 0 Å². The van der Waals surface area contributed by atoms with Crippen molar-refractivity contribution in [1.29, 1.82) is 0 Å². The van der Waals surface area contributed by atoms with Crippen LogP contribution in [0, 0.1) is 39.9 Å². The molecule has 0 aliphatic rings. The molecular weight excluding hydrogens is 504 g/mol. The number of carbonyl (C=O) groups excluding carboxylic acids is 2. The van der Waals surface area contributed by atoms with Gasteiger partial charge in [-0.05, 0) is 11.1 Å². The molecule has 0 N–H and O–H groups in total. The zero-order chi connectivity index (χ0) is 22.9. The SMILES string of the molecule is O=C([O-])c1ccc(C(=O)[O-])c([S-])c1[S-].[C-]#[O+].[C-]#[O+].[C-]#[O+].[C-]#[O+].[C-]#[O+].[C-]#[O+].[Fe].[Fe]. The summed E-state index contributed by atoms with van der Waals surface area (Å²) in [5.74, 6) is -2.96. The summed E-state index contributed by atoms with van der Waals surface area (Å²) in [4.78, 5) is 20.5. The van der Waals surface area contributed by atoms with Crippen LogP contribution in [-0.2, 0) is 87.3 Å². The monoisotopic (exact) mass is 506 g/mol. The molecule has 1 rings (SSSR count). The molecule has 0 aromatic heterocycles. The molecule has 28 heavy (non-hydrogen) atoms. The van der Waals surface area contributed by atoms with Gasteiger partial charge in [0.2, 0.25) is 0 Å². The first-order chi connectivity index (χ1) is 12.4. The molecule has 150 valence electrons. The van der Waals surface area contributed by atoms with Crippen molar-refractivity contribution in [3.8, 4) is 0 Å². The van der Waals surface area contributed by atoms with Crippen LogP contribution in [-0.4, -0.2) is 11.9 Å². The number of benzene rings is 1. The molecule has 0 heterocycles. The first-order valence-corrected chi connectivity index (χ1v) is 5.43. The van der Waals surface area contributed by atoms with Gasteiger partial charge in [0, 0.05) is 34.1 Å². The third kappa shape index (κ3) is 24.1. The van der Waals surface area contributed by atoms with E-state index in [4.69, 9.17) is 27.9 Å². The molecule has 1 aromatic rings. The minimum Gasteiger partial charge on any atom is 0 e. The summed E-state index contributed by atoms with van der Waals surface area (Å²) in [6.07, 6.45) is 0. The van der Waals surface area contributed by atoms with Gasteiger partial charge in [-0.1, -0.05) is 12.1 Å². The Bertz CT molecular complexity index is 578. The van der Waals surface area contributed by atoms with Gasteiger partial charge in [0.05, 0.1) is 11.9 Å². The van der Waals surface area contributed by atoms with E-state index in [9.17, 15) is 19.8 Å². The zero-order valence-electron chi connectivity index (χ0n) is 12.8. The standard InChI is InChI=1S/C8H6O4S2.6CO.2Fe/c9-7(10)3-1-2-4(8(11)12)6(14)5(3)13;6*1-2;;/h1-2,13-14H,(H,9,10)(H,11,12);;;;;;;;/p-4. The second kappa shape index (κ2) is 44.5. The van der Waals surface area contributed by atoms with E-state index < -0.39 is 11.9 Å². The molecule has 0 amide bonds. The maximum atomic E-state index is 10.5. The van der Waals surface area contributed by atoms with E-state index in [1.54, 1.807) is 0 Å². The number of aromatic carboxylic acids is 2. The van der Waals surface area contributed by atoms with Gasteiger partial charge in [0.1, 0.15) is 0 Å². The van der Waals surface area contributed by atoms with Crippen molar-refractivity contribution in [2.45, 2.75) is 9.79 Å². The largest absolute Gasteiger partial charge is 0 e. The number of hydrogen-bond acceptors (Lipinski definition) is 6. The van der Waals surface area contributed by atoms with E-state index >= 15 is 0 Å². The Labute approximate surface area is 191 Å². The Balaban J connectivity index is -0.0000000410. The molecule has 0 fully saturated rings. The van der Waals surface area contributed by atoms with E-state index in [0.717, 1.165) is 12.1 Å². The fraction of sp³-hybridized carbons (Fsp3) is 0. The summed E-state index contributed by atoms with van der Waals surface area (Å²) < 4.78 is 45.0. The van der Waals surface area contributed by atoms with Crippen LogP contribution in [0.3, 0.4) is 0 Å². The van der Waals surface area contributed by atoms with Crippen molar-refractivity contribution in [1.82, 2.24) is 0 Å². The number of carboxylic acid groups (broad SMARTS) is 2. The Morgan fingerprint density at radius 3 is 0.857 bits per heavy atom. The molecule has 0 bridgehead atoms. The molecule has 0 aliphatic heterocycles. The van der Waals surface area contributed by atoms with E-state index in [0.29, 0.717) is 0 Å². The van der Waals surface area contributed by atoms with Gasteiger partial charge < -0.3 is 45.1 Å². The average Bonchev–Trinajstić information content (AvgIpc) is 2.72. The Morgan fingerprint density at radius 1 is 0.607 bits per heavy atom. The van der Waals surface area contributed by atoms with Crippen LogP contribution in [0.15, 0.2) is 21.9 Å². The molecule has 0 atom stereocenters. The third-order valence-electron chi connectivity index (χ3n) is 1.55. The predicted octanol–water partition coefficient (Wildman–Crippen LogP) is -2.00. The summed E-state index contributed by atoms with van der Waals surface area (Å²) in [5.41, 5.74) is -0.565. The molecule has 0 saturated carbocycles. The average molecular weight is 506 g/mol. The van der Waals surface area contributed by atoms with E-state index in [2.05, 4.69) is 65.2 Å². The van der Waals surface area contributed by atoms with Crippen LogP contribution < -0.4 is 10.2 Å². The quantitative estimate of drug-likeness (QED) is 0.192. The number of carboxylic acids is 2. The molecule has 10 nitrogen and oxygen atoms in total. The minimum atomic E-state index is -1.48. The molecule has 0 saturated heterocycles. The van der Waals surface area contributed by atoms with Crippen molar-refractivity contribution in [2.24, 2.45) is 0 Å². The van der Waals surface area contributed by atoms with Gasteiger partial charge >= 0.3 is 67.8 Å². The Morgan fingerprint density at radius 2 is 0.750 bits per heavy atom. The van der Waals surface area contributed by atoms with Gasteiger partial charge in [-0.15, -0.1) is 0 Å². The van der Waals surface area contributed by atoms with Gasteiger partial charge in [-0.2, -0.15) is 9.79 Å². The molecule has 1 aromatic carbocycles. The fourth-order valence-corrected chi connectivity index (χ4v) is 1.41. The van der Waals surface area contributed by atoms with Crippen molar-refractivity contribution in [2.75, 3.05) is 0 Å². The predicted molar refractivity (Wildman–Crippen MR) is 69.9 cm³/mol. The van der Waals surface area contributed by atoms with Crippen LogP contribution >= 0.6 is 0 Å². The molecule has 14 heteroatoms. The van der Waals surface area contributed by atoms with Gasteiger partial charge in [-0.25, -0.2) is 0 Å². The van der Waals surface area contributed by atoms with Crippen LogP contribution in [0.2, 0.25) is 0 Å². The van der Waals surface area contributed by atoms with Crippen LogP contribution in [0.5, 0.6) is 0 Å². The van der Waals surface area contributed by atoms with Crippen molar-refractivity contribution < 1.29 is 81.9 Å². The fourth-order valence-electron chi connectivity index (χ4n) is 0.884. The number of rotatable bonds is 2. The smallest absolute Gasteiger partial charge is 0 e. The summed E-state index contributed by atoms with van der Waals surface area (Å²) in [5, 5.41) is 20.9. The van der Waals surface area contributed by atoms with Crippen LogP contribution in [0.4, 0.5) is 0 Å². The molecule has 0 aliphatic carbocycles. The first-order valence-electron chi connectivity index (χ1n) is 4.61. The maximum Gasteiger partial charge on any atom is 0 e. The van der Waals surface area contributed by atoms with E-state index in [-0.39, 0.29) is 55.1 Å². The number of hydrogen-bond donors (Lipinski definition) is 0. The normalized spacial score (nSPS) is 5.29. The van der Waals surface area contributed by atoms with Crippen LogP contribution in [0.1, 0.15) is 20.7 Å². The second-order valence-corrected chi connectivity index (χ2v) is 3.21. The minimum absolute atomic E-state index is 0. The first kappa shape index (κ1) is 50.2. The topological polar surface area (TPSA) is 200 Å². The number of carbonyl (C=O) groups is 2. The summed E-state index contributed by atoms with van der Waals surface area (Å²) in [7, 11) is 0. The second-order valence-electron chi connectivity index (χ2n) is 2.39. The van der Waals surface area contributed by atoms with Gasteiger partial charge in [0.15, 0.2) is 0 Å². The van der Waals surface area contributed by atoms with E-state index in [1.807, 2.05) is 0 Å². The molecular formula is C14H2Fe2O10S2-4. The third-order valence-corrected chi connectivity index (χ3v) is 2.53. The summed E-state index contributed by atoms with van der Waals surface area (Å²) in [6.45, 7) is 27.0. The van der Waals surface area contributed by atoms with Gasteiger partial charge in [-0.3, -0.25) is 0 Å². The Kier molecular flexibility index (Phi) is 79.7. The summed E-state index contributed by atoms with van der Waals surface area (Å²) >= 11 is 9.32. The van der Waals surface area contributed by atoms with Gasteiger partial charge in [0.25, 0.3) is 0 Å². The molecule has 0 unspecified atom stereocenters. The van der Waals surface area contributed by atoms with E-state index in [1.165, 1.54) is 0 Å². The molecule has 0 radical (unpaired) electrons. The zero-order valence-corrected chi connectivity index (χ0v) is 16.6. The maximum absolute atomic E-state index is 10.5. The summed E-state index contributed by atoms with van der Waals surface area (Å²) in [6, 6.07) is 2.08. The van der Waals surface area contributed by atoms with Crippen molar-refractivity contribution in [3.63, 3.8) is 0 Å². The van der Waals surface area contributed by atoms with Crippen molar-refractivity contribution in [3.05, 3.63) is 63.2 Å². The molecule has 0 spiro atoms.